The number of thioether (sulfide) groups is 1. The molecule has 0 radical (unpaired) electrons. The fourth-order valence-corrected chi connectivity index (χ4v) is 1.82. The summed E-state index contributed by atoms with van der Waals surface area (Å²) in [7, 11) is 0. The summed E-state index contributed by atoms with van der Waals surface area (Å²) in [6, 6.07) is 0. The summed E-state index contributed by atoms with van der Waals surface area (Å²) in [5.41, 5.74) is 0.200. The van der Waals surface area contributed by atoms with Crippen molar-refractivity contribution in [1.29, 1.82) is 0 Å². The van der Waals surface area contributed by atoms with Crippen molar-refractivity contribution < 1.29 is 0 Å². The molecule has 0 aromatic carbocycles. The van der Waals surface area contributed by atoms with Gasteiger partial charge in [0.2, 0.25) is 0 Å². The number of aromatic amines is 1. The fraction of sp³-hybridized carbons (Fsp3) is 0.800. The second kappa shape index (κ2) is 5.51. The molecule has 0 saturated heterocycles. The zero-order valence-electron chi connectivity index (χ0n) is 9.87. The highest BCUT2D eigenvalue weighted by molar-refractivity contribution is 7.99. The van der Waals surface area contributed by atoms with Crippen LogP contribution in [0.25, 0.3) is 0 Å². The third-order valence-corrected chi connectivity index (χ3v) is 3.08. The first-order valence-corrected chi connectivity index (χ1v) is 6.19. The molecule has 0 spiro atoms. The fourth-order valence-electron chi connectivity index (χ4n) is 1.02. The average molecular weight is 228 g/mol. The van der Waals surface area contributed by atoms with Crippen LogP contribution in [0.1, 0.15) is 27.7 Å². The molecule has 0 aliphatic carbocycles. The Morgan fingerprint density at radius 1 is 1.53 bits per heavy atom. The molecule has 86 valence electrons. The Labute approximate surface area is 95.6 Å². The van der Waals surface area contributed by atoms with Gasteiger partial charge in [-0.1, -0.05) is 18.7 Å². The van der Waals surface area contributed by atoms with Gasteiger partial charge in [0.1, 0.15) is 6.33 Å². The first kappa shape index (κ1) is 12.5. The van der Waals surface area contributed by atoms with Crippen molar-refractivity contribution in [1.82, 2.24) is 20.5 Å². The van der Waals surface area contributed by atoms with Crippen LogP contribution >= 0.6 is 11.8 Å². The number of nitrogens with one attached hydrogen (secondary N) is 2. The van der Waals surface area contributed by atoms with E-state index in [1.54, 1.807) is 18.1 Å². The van der Waals surface area contributed by atoms with Gasteiger partial charge in [0.25, 0.3) is 0 Å². The molecule has 0 aliphatic rings. The standard InChI is InChI=1S/C10H20N4S/c1-8(5-12-10(2,3)4)6-15-9-11-7-13-14-9/h7-8,12H,5-6H2,1-4H3,(H,11,13,14). The summed E-state index contributed by atoms with van der Waals surface area (Å²) in [6.45, 7) is 9.82. The van der Waals surface area contributed by atoms with E-state index < -0.39 is 0 Å². The van der Waals surface area contributed by atoms with E-state index in [2.05, 4.69) is 48.2 Å². The molecule has 0 amide bonds. The van der Waals surface area contributed by atoms with E-state index in [4.69, 9.17) is 0 Å². The molecule has 0 aliphatic heterocycles. The highest BCUT2D eigenvalue weighted by Gasteiger charge is 2.11. The minimum atomic E-state index is 0.200. The minimum Gasteiger partial charge on any atom is -0.312 e. The van der Waals surface area contributed by atoms with Crippen molar-refractivity contribution in [2.45, 2.75) is 38.4 Å². The van der Waals surface area contributed by atoms with Crippen molar-refractivity contribution in [3.8, 4) is 0 Å². The molecule has 1 atom stereocenters. The maximum atomic E-state index is 4.07. The maximum absolute atomic E-state index is 4.07. The van der Waals surface area contributed by atoms with Crippen LogP contribution in [0.4, 0.5) is 0 Å². The first-order valence-electron chi connectivity index (χ1n) is 5.20. The van der Waals surface area contributed by atoms with E-state index in [0.29, 0.717) is 5.92 Å². The molecule has 1 aromatic rings. The summed E-state index contributed by atoms with van der Waals surface area (Å²) < 4.78 is 0. The van der Waals surface area contributed by atoms with Crippen LogP contribution < -0.4 is 5.32 Å². The second-order valence-electron chi connectivity index (χ2n) is 4.84. The lowest BCUT2D eigenvalue weighted by Gasteiger charge is -2.23. The Morgan fingerprint density at radius 3 is 2.80 bits per heavy atom. The molecular formula is C10H20N4S. The van der Waals surface area contributed by atoms with E-state index >= 15 is 0 Å². The highest BCUT2D eigenvalue weighted by Crippen LogP contribution is 2.15. The van der Waals surface area contributed by atoms with E-state index in [1.165, 1.54) is 0 Å². The lowest BCUT2D eigenvalue weighted by atomic mass is 10.1. The Kier molecular flexibility index (Phi) is 4.60. The van der Waals surface area contributed by atoms with Crippen molar-refractivity contribution in [3.05, 3.63) is 6.33 Å². The Morgan fingerprint density at radius 2 is 2.27 bits per heavy atom. The molecule has 0 bridgehead atoms. The van der Waals surface area contributed by atoms with Gasteiger partial charge in [-0.2, -0.15) is 5.10 Å². The van der Waals surface area contributed by atoms with Crippen LogP contribution in [0.2, 0.25) is 0 Å². The third kappa shape index (κ3) is 5.79. The van der Waals surface area contributed by atoms with Gasteiger partial charge >= 0.3 is 0 Å². The third-order valence-electron chi connectivity index (χ3n) is 1.88. The quantitative estimate of drug-likeness (QED) is 0.756. The van der Waals surface area contributed by atoms with E-state index in [0.717, 1.165) is 17.5 Å². The molecular weight excluding hydrogens is 208 g/mol. The molecule has 0 saturated carbocycles. The van der Waals surface area contributed by atoms with E-state index in [-0.39, 0.29) is 5.54 Å². The maximum Gasteiger partial charge on any atom is 0.183 e. The number of H-pyrrole nitrogens is 1. The van der Waals surface area contributed by atoms with Crippen LogP contribution in [0, 0.1) is 5.92 Å². The van der Waals surface area contributed by atoms with Crippen LogP contribution in [-0.2, 0) is 0 Å². The van der Waals surface area contributed by atoms with Gasteiger partial charge in [-0.3, -0.25) is 5.10 Å². The number of rotatable bonds is 5. The Hall–Kier alpha value is -0.550. The highest BCUT2D eigenvalue weighted by atomic mass is 32.2. The van der Waals surface area contributed by atoms with Crippen molar-refractivity contribution in [2.75, 3.05) is 12.3 Å². The lowest BCUT2D eigenvalue weighted by Crippen LogP contribution is -2.39. The molecule has 1 aromatic heterocycles. The van der Waals surface area contributed by atoms with Crippen molar-refractivity contribution in [2.24, 2.45) is 5.92 Å². The molecule has 5 heteroatoms. The summed E-state index contributed by atoms with van der Waals surface area (Å²) in [6.07, 6.45) is 1.54. The normalized spacial score (nSPS) is 14.1. The lowest BCUT2D eigenvalue weighted by molar-refractivity contribution is 0.395. The predicted molar refractivity (Wildman–Crippen MR) is 64.0 cm³/mol. The molecule has 1 rings (SSSR count). The smallest absolute Gasteiger partial charge is 0.183 e. The predicted octanol–water partition coefficient (Wildman–Crippen LogP) is 1.92. The van der Waals surface area contributed by atoms with Crippen molar-refractivity contribution >= 4 is 11.8 Å². The van der Waals surface area contributed by atoms with Crippen LogP contribution in [0.3, 0.4) is 0 Å². The summed E-state index contributed by atoms with van der Waals surface area (Å²) in [5.74, 6) is 1.68. The van der Waals surface area contributed by atoms with Crippen LogP contribution in [0.15, 0.2) is 11.5 Å². The van der Waals surface area contributed by atoms with Gasteiger partial charge in [-0.25, -0.2) is 4.98 Å². The van der Waals surface area contributed by atoms with E-state index in [9.17, 15) is 0 Å². The number of nitrogens with zero attached hydrogens (tertiary/aromatic N) is 2. The topological polar surface area (TPSA) is 53.6 Å². The van der Waals surface area contributed by atoms with Gasteiger partial charge in [0, 0.05) is 11.3 Å². The summed E-state index contributed by atoms with van der Waals surface area (Å²) >= 11 is 1.72. The molecule has 2 N–H and O–H groups in total. The molecule has 0 fully saturated rings. The van der Waals surface area contributed by atoms with Gasteiger partial charge in [-0.15, -0.1) is 0 Å². The largest absolute Gasteiger partial charge is 0.312 e. The zero-order valence-corrected chi connectivity index (χ0v) is 10.7. The first-order chi connectivity index (χ1) is 6.97. The average Bonchev–Trinajstić information content (AvgIpc) is 2.62. The SMILES string of the molecule is CC(CNC(C)(C)C)CSc1ncn[nH]1. The second-order valence-corrected chi connectivity index (χ2v) is 5.85. The van der Waals surface area contributed by atoms with Crippen LogP contribution in [0.5, 0.6) is 0 Å². The summed E-state index contributed by atoms with van der Waals surface area (Å²) in [4.78, 5) is 4.07. The number of hydrogen-bond acceptors (Lipinski definition) is 4. The van der Waals surface area contributed by atoms with E-state index in [1.807, 2.05) is 0 Å². The zero-order chi connectivity index (χ0) is 11.3. The number of aromatic nitrogens is 3. The van der Waals surface area contributed by atoms with Gasteiger partial charge in [0.05, 0.1) is 0 Å². The Balaban J connectivity index is 2.16. The van der Waals surface area contributed by atoms with Gasteiger partial charge < -0.3 is 5.32 Å². The molecule has 15 heavy (non-hydrogen) atoms. The van der Waals surface area contributed by atoms with Gasteiger partial charge in [-0.05, 0) is 33.2 Å². The minimum absolute atomic E-state index is 0.200. The van der Waals surface area contributed by atoms with Crippen LogP contribution in [-0.4, -0.2) is 33.0 Å². The molecule has 1 heterocycles. The molecule has 1 unspecified atom stereocenters. The monoisotopic (exact) mass is 228 g/mol. The number of hydrogen-bond donors (Lipinski definition) is 2. The van der Waals surface area contributed by atoms with Crippen molar-refractivity contribution in [3.63, 3.8) is 0 Å². The summed E-state index contributed by atoms with van der Waals surface area (Å²) in [5, 5.41) is 11.1. The van der Waals surface area contributed by atoms with Gasteiger partial charge in [0.15, 0.2) is 5.16 Å². The Bertz CT molecular complexity index is 265. The molecule has 4 nitrogen and oxygen atoms in total.